The van der Waals surface area contributed by atoms with Crippen molar-refractivity contribution < 1.29 is 4.79 Å². The molecule has 1 heterocycles. The Kier molecular flexibility index (Phi) is 3.31. The Hall–Kier alpha value is -1.58. The van der Waals surface area contributed by atoms with Crippen LogP contribution in [0, 0.1) is 0 Å². The van der Waals surface area contributed by atoms with Crippen molar-refractivity contribution in [1.82, 2.24) is 10.3 Å². The molecule has 4 heteroatoms. The van der Waals surface area contributed by atoms with Crippen molar-refractivity contribution in [3.05, 3.63) is 23.4 Å². The molecule has 4 nitrogen and oxygen atoms in total. The lowest BCUT2D eigenvalue weighted by atomic mass is 9.93. The Morgan fingerprint density at radius 2 is 2.18 bits per heavy atom. The molecule has 1 aliphatic rings. The number of hydrogen-bond acceptors (Lipinski definition) is 3. The number of nitrogens with two attached hydrogens (primary N) is 1. The fraction of sp³-hybridized carbons (Fsp3) is 0.538. The molecule has 0 unspecified atom stereocenters. The molecule has 0 atom stereocenters. The van der Waals surface area contributed by atoms with Gasteiger partial charge in [0.1, 0.15) is 5.82 Å². The van der Waals surface area contributed by atoms with E-state index in [1.807, 2.05) is 19.9 Å². The van der Waals surface area contributed by atoms with E-state index in [1.54, 1.807) is 6.07 Å². The maximum Gasteiger partial charge on any atom is 0.251 e. The molecule has 0 spiro atoms. The Morgan fingerprint density at radius 3 is 2.71 bits per heavy atom. The van der Waals surface area contributed by atoms with Gasteiger partial charge in [0.15, 0.2) is 0 Å². The van der Waals surface area contributed by atoms with Gasteiger partial charge in [0, 0.05) is 17.3 Å². The van der Waals surface area contributed by atoms with Crippen LogP contribution in [0.3, 0.4) is 0 Å². The predicted octanol–water partition coefficient (Wildman–Crippen LogP) is 2.07. The van der Waals surface area contributed by atoms with E-state index in [2.05, 4.69) is 10.3 Å². The molecule has 2 rings (SSSR count). The molecule has 1 amide bonds. The summed E-state index contributed by atoms with van der Waals surface area (Å²) in [5.74, 6) is 0.648. The summed E-state index contributed by atoms with van der Waals surface area (Å²) in [5, 5.41) is 3.00. The summed E-state index contributed by atoms with van der Waals surface area (Å²) in [5.41, 5.74) is 7.20. The van der Waals surface area contributed by atoms with Gasteiger partial charge in [-0.3, -0.25) is 4.79 Å². The van der Waals surface area contributed by atoms with E-state index in [-0.39, 0.29) is 11.8 Å². The second-order valence-electron chi connectivity index (χ2n) is 4.96. The van der Waals surface area contributed by atoms with E-state index in [4.69, 9.17) is 5.73 Å². The average Bonchev–Trinajstić information content (AvgIpc) is 2.22. The molecule has 0 saturated heterocycles. The third-order valence-corrected chi connectivity index (χ3v) is 3.16. The van der Waals surface area contributed by atoms with Crippen LogP contribution in [0.5, 0.6) is 0 Å². The minimum Gasteiger partial charge on any atom is -0.384 e. The molecule has 1 aliphatic carbocycles. The second-order valence-corrected chi connectivity index (χ2v) is 4.96. The van der Waals surface area contributed by atoms with Gasteiger partial charge >= 0.3 is 0 Å². The Balaban J connectivity index is 2.15. The average molecular weight is 233 g/mol. The zero-order valence-corrected chi connectivity index (χ0v) is 10.4. The smallest absolute Gasteiger partial charge is 0.251 e. The SMILES string of the molecule is CC(C)c1cc(C(=O)NC2CCC2)cc(N)n1. The fourth-order valence-electron chi connectivity index (χ4n) is 1.82. The lowest BCUT2D eigenvalue weighted by molar-refractivity contribution is 0.0917. The lowest BCUT2D eigenvalue weighted by Crippen LogP contribution is -2.39. The van der Waals surface area contributed by atoms with E-state index in [9.17, 15) is 4.79 Å². The first kappa shape index (κ1) is 11.9. The third kappa shape index (κ3) is 2.75. The molecule has 17 heavy (non-hydrogen) atoms. The number of nitrogen functional groups attached to an aromatic ring is 1. The molecule has 0 aromatic carbocycles. The van der Waals surface area contributed by atoms with Gasteiger partial charge in [-0.1, -0.05) is 13.8 Å². The highest BCUT2D eigenvalue weighted by Gasteiger charge is 2.20. The number of anilines is 1. The summed E-state index contributed by atoms with van der Waals surface area (Å²) in [6.45, 7) is 4.07. The summed E-state index contributed by atoms with van der Waals surface area (Å²) in [7, 11) is 0. The monoisotopic (exact) mass is 233 g/mol. The Labute approximate surface area is 102 Å². The van der Waals surface area contributed by atoms with Gasteiger partial charge in [0.2, 0.25) is 0 Å². The summed E-state index contributed by atoms with van der Waals surface area (Å²) >= 11 is 0. The quantitative estimate of drug-likeness (QED) is 0.839. The van der Waals surface area contributed by atoms with Gasteiger partial charge in [0.05, 0.1) is 0 Å². The van der Waals surface area contributed by atoms with Crippen molar-refractivity contribution >= 4 is 11.7 Å². The summed E-state index contributed by atoms with van der Waals surface area (Å²) in [6, 6.07) is 3.81. The highest BCUT2D eigenvalue weighted by atomic mass is 16.1. The van der Waals surface area contributed by atoms with Crippen LogP contribution in [0.1, 0.15) is 55.1 Å². The minimum atomic E-state index is -0.0364. The van der Waals surface area contributed by atoms with Crippen molar-refractivity contribution in [2.24, 2.45) is 0 Å². The van der Waals surface area contributed by atoms with Gasteiger partial charge < -0.3 is 11.1 Å². The molecular formula is C13H19N3O. The molecule has 1 aromatic heterocycles. The molecule has 0 radical (unpaired) electrons. The van der Waals surface area contributed by atoms with E-state index in [1.165, 1.54) is 6.42 Å². The van der Waals surface area contributed by atoms with E-state index < -0.39 is 0 Å². The van der Waals surface area contributed by atoms with Crippen LogP contribution in [0.4, 0.5) is 5.82 Å². The van der Waals surface area contributed by atoms with Gasteiger partial charge in [-0.25, -0.2) is 4.98 Å². The number of rotatable bonds is 3. The molecule has 1 saturated carbocycles. The summed E-state index contributed by atoms with van der Waals surface area (Å²) in [4.78, 5) is 16.2. The predicted molar refractivity (Wildman–Crippen MR) is 67.8 cm³/mol. The van der Waals surface area contributed by atoms with Gasteiger partial charge in [-0.15, -0.1) is 0 Å². The largest absolute Gasteiger partial charge is 0.384 e. The molecule has 3 N–H and O–H groups in total. The van der Waals surface area contributed by atoms with Crippen LogP contribution in [-0.2, 0) is 0 Å². The van der Waals surface area contributed by atoms with Gasteiger partial charge in [-0.2, -0.15) is 0 Å². The number of pyridine rings is 1. The zero-order chi connectivity index (χ0) is 12.4. The molecule has 1 aromatic rings. The minimum absolute atomic E-state index is 0.0364. The number of hydrogen-bond donors (Lipinski definition) is 2. The molecule has 0 aliphatic heterocycles. The highest BCUT2D eigenvalue weighted by molar-refractivity contribution is 5.95. The first-order chi connectivity index (χ1) is 8.06. The topological polar surface area (TPSA) is 68.0 Å². The summed E-state index contributed by atoms with van der Waals surface area (Å²) < 4.78 is 0. The normalized spacial score (nSPS) is 15.7. The van der Waals surface area contributed by atoms with E-state index >= 15 is 0 Å². The van der Waals surface area contributed by atoms with Gasteiger partial charge in [-0.05, 0) is 37.3 Å². The number of nitrogens with zero attached hydrogens (tertiary/aromatic N) is 1. The number of aromatic nitrogens is 1. The Bertz CT molecular complexity index is 425. The number of carbonyl (C=O) groups is 1. The van der Waals surface area contributed by atoms with Crippen molar-refractivity contribution in [3.63, 3.8) is 0 Å². The number of nitrogens with one attached hydrogen (secondary N) is 1. The van der Waals surface area contributed by atoms with Crippen molar-refractivity contribution in [3.8, 4) is 0 Å². The Morgan fingerprint density at radius 1 is 1.47 bits per heavy atom. The van der Waals surface area contributed by atoms with Crippen LogP contribution in [-0.4, -0.2) is 16.9 Å². The standard InChI is InChI=1S/C13H19N3O/c1-8(2)11-6-9(7-12(14)16-11)13(17)15-10-4-3-5-10/h6-8,10H,3-5H2,1-2H3,(H2,14,16)(H,15,17). The number of amides is 1. The van der Waals surface area contributed by atoms with Crippen molar-refractivity contribution in [2.45, 2.75) is 45.1 Å². The zero-order valence-electron chi connectivity index (χ0n) is 10.4. The maximum atomic E-state index is 12.0. The lowest BCUT2D eigenvalue weighted by Gasteiger charge is -2.26. The molecule has 92 valence electrons. The van der Waals surface area contributed by atoms with E-state index in [0.29, 0.717) is 17.4 Å². The molecule has 1 fully saturated rings. The van der Waals surface area contributed by atoms with E-state index in [0.717, 1.165) is 18.5 Å². The fourth-order valence-corrected chi connectivity index (χ4v) is 1.82. The third-order valence-electron chi connectivity index (χ3n) is 3.16. The van der Waals surface area contributed by atoms with Crippen LogP contribution < -0.4 is 11.1 Å². The van der Waals surface area contributed by atoms with Crippen molar-refractivity contribution in [2.75, 3.05) is 5.73 Å². The first-order valence-electron chi connectivity index (χ1n) is 6.14. The maximum absolute atomic E-state index is 12.0. The highest BCUT2D eigenvalue weighted by Crippen LogP contribution is 2.20. The van der Waals surface area contributed by atoms with Gasteiger partial charge in [0.25, 0.3) is 5.91 Å². The van der Waals surface area contributed by atoms with Crippen LogP contribution >= 0.6 is 0 Å². The van der Waals surface area contributed by atoms with Crippen LogP contribution in [0.2, 0.25) is 0 Å². The summed E-state index contributed by atoms with van der Waals surface area (Å²) in [6.07, 6.45) is 3.38. The van der Waals surface area contributed by atoms with Crippen LogP contribution in [0.25, 0.3) is 0 Å². The number of carbonyl (C=O) groups excluding carboxylic acids is 1. The molecule has 0 bridgehead atoms. The first-order valence-corrected chi connectivity index (χ1v) is 6.14. The van der Waals surface area contributed by atoms with Crippen molar-refractivity contribution in [1.29, 1.82) is 0 Å². The second kappa shape index (κ2) is 4.73. The van der Waals surface area contributed by atoms with Crippen LogP contribution in [0.15, 0.2) is 12.1 Å². The molecular weight excluding hydrogens is 214 g/mol.